The van der Waals surface area contributed by atoms with E-state index >= 15 is 0 Å². The number of rotatable bonds is 6. The third kappa shape index (κ3) is 4.41. The van der Waals surface area contributed by atoms with Gasteiger partial charge in [-0.1, -0.05) is 42.5 Å². The molecule has 2 aromatic carbocycles. The van der Waals surface area contributed by atoms with E-state index < -0.39 is 0 Å². The predicted molar refractivity (Wildman–Crippen MR) is 119 cm³/mol. The molecule has 31 heavy (non-hydrogen) atoms. The van der Waals surface area contributed by atoms with Crippen LogP contribution < -0.4 is 9.47 Å². The summed E-state index contributed by atoms with van der Waals surface area (Å²) in [7, 11) is 0. The van der Waals surface area contributed by atoms with Crippen molar-refractivity contribution >= 4 is 5.91 Å². The molecular formula is C26H26N2O3. The quantitative estimate of drug-likeness (QED) is 0.585. The molecule has 3 heterocycles. The maximum absolute atomic E-state index is 12.9. The fourth-order valence-electron chi connectivity index (χ4n) is 4.83. The van der Waals surface area contributed by atoms with Crippen molar-refractivity contribution in [2.45, 2.75) is 43.9 Å². The SMILES string of the molecule is O=C(COc1ccc(-c2ccccc2)cc1)N1C2CCC1CC(Oc1cccnc1)C2. The molecule has 2 aliphatic heterocycles. The molecule has 2 unspecified atom stereocenters. The number of amides is 1. The van der Waals surface area contributed by atoms with E-state index in [2.05, 4.69) is 17.1 Å². The average molecular weight is 415 g/mol. The number of ether oxygens (including phenoxy) is 2. The third-order valence-electron chi connectivity index (χ3n) is 6.24. The zero-order chi connectivity index (χ0) is 21.0. The highest BCUT2D eigenvalue weighted by molar-refractivity contribution is 5.79. The number of aromatic nitrogens is 1. The molecule has 5 heteroatoms. The lowest BCUT2D eigenvalue weighted by Crippen LogP contribution is -2.50. The normalized spacial score (nSPS) is 22.2. The number of piperidine rings is 1. The van der Waals surface area contributed by atoms with E-state index in [0.29, 0.717) is 0 Å². The summed E-state index contributed by atoms with van der Waals surface area (Å²) >= 11 is 0. The highest BCUT2D eigenvalue weighted by Gasteiger charge is 2.44. The summed E-state index contributed by atoms with van der Waals surface area (Å²) in [6.45, 7) is 0.0752. The fourth-order valence-corrected chi connectivity index (χ4v) is 4.83. The predicted octanol–water partition coefficient (Wildman–Crippen LogP) is 4.73. The van der Waals surface area contributed by atoms with Gasteiger partial charge in [0.15, 0.2) is 6.61 Å². The third-order valence-corrected chi connectivity index (χ3v) is 6.24. The number of carbonyl (C=O) groups is 1. The molecule has 0 radical (unpaired) electrons. The molecule has 2 aliphatic rings. The van der Waals surface area contributed by atoms with Gasteiger partial charge in [0.25, 0.3) is 5.91 Å². The lowest BCUT2D eigenvalue weighted by Gasteiger charge is -2.38. The van der Waals surface area contributed by atoms with Crippen LogP contribution in [0, 0.1) is 0 Å². The smallest absolute Gasteiger partial charge is 0.261 e. The summed E-state index contributed by atoms with van der Waals surface area (Å²) in [5, 5.41) is 0. The van der Waals surface area contributed by atoms with Crippen LogP contribution in [0.15, 0.2) is 79.1 Å². The second kappa shape index (κ2) is 8.80. The molecule has 0 spiro atoms. The molecule has 2 bridgehead atoms. The number of hydrogen-bond donors (Lipinski definition) is 0. The molecule has 2 atom stereocenters. The van der Waals surface area contributed by atoms with Crippen LogP contribution in [0.2, 0.25) is 0 Å². The Morgan fingerprint density at radius 3 is 2.26 bits per heavy atom. The Bertz CT molecular complexity index is 994. The highest BCUT2D eigenvalue weighted by atomic mass is 16.5. The molecule has 0 N–H and O–H groups in total. The number of carbonyl (C=O) groups excluding carboxylic acids is 1. The van der Waals surface area contributed by atoms with Crippen LogP contribution in [-0.4, -0.2) is 40.6 Å². The molecule has 5 nitrogen and oxygen atoms in total. The van der Waals surface area contributed by atoms with Crippen LogP contribution in [-0.2, 0) is 4.79 Å². The van der Waals surface area contributed by atoms with E-state index in [1.807, 2.05) is 59.5 Å². The van der Waals surface area contributed by atoms with E-state index in [4.69, 9.17) is 9.47 Å². The van der Waals surface area contributed by atoms with Crippen LogP contribution in [0.25, 0.3) is 11.1 Å². The molecule has 3 aromatic rings. The van der Waals surface area contributed by atoms with E-state index in [9.17, 15) is 4.79 Å². The van der Waals surface area contributed by atoms with Crippen molar-refractivity contribution < 1.29 is 14.3 Å². The van der Waals surface area contributed by atoms with E-state index in [0.717, 1.165) is 48.3 Å². The highest BCUT2D eigenvalue weighted by Crippen LogP contribution is 2.37. The van der Waals surface area contributed by atoms with Crippen LogP contribution >= 0.6 is 0 Å². The number of pyridine rings is 1. The van der Waals surface area contributed by atoms with Gasteiger partial charge in [-0.15, -0.1) is 0 Å². The van der Waals surface area contributed by atoms with Crippen molar-refractivity contribution in [3.05, 3.63) is 79.1 Å². The first-order valence-electron chi connectivity index (χ1n) is 10.9. The van der Waals surface area contributed by atoms with Gasteiger partial charge in [-0.05, 0) is 48.2 Å². The van der Waals surface area contributed by atoms with E-state index in [-0.39, 0.29) is 30.7 Å². The maximum atomic E-state index is 12.9. The van der Waals surface area contributed by atoms with E-state index in [1.165, 1.54) is 0 Å². The molecule has 2 fully saturated rings. The molecule has 158 valence electrons. The Labute approximate surface area is 182 Å². The second-order valence-electron chi connectivity index (χ2n) is 8.27. The van der Waals surface area contributed by atoms with Crippen molar-refractivity contribution in [2.24, 2.45) is 0 Å². The van der Waals surface area contributed by atoms with Gasteiger partial charge in [-0.2, -0.15) is 0 Å². The Morgan fingerprint density at radius 2 is 1.58 bits per heavy atom. The first-order chi connectivity index (χ1) is 15.3. The molecule has 1 aromatic heterocycles. The minimum atomic E-state index is 0.0689. The monoisotopic (exact) mass is 414 g/mol. The Kier molecular flexibility index (Phi) is 5.57. The topological polar surface area (TPSA) is 51.7 Å². The molecule has 5 rings (SSSR count). The molecule has 1 amide bonds. The largest absolute Gasteiger partial charge is 0.489 e. The standard InChI is InChI=1S/C26H26N2O3/c29-26(18-30-23-12-8-20(9-13-23)19-5-2-1-3-6-19)28-21-10-11-22(28)16-25(15-21)31-24-7-4-14-27-17-24/h1-9,12-14,17,21-22,25H,10-11,15-16,18H2. The zero-order valence-corrected chi connectivity index (χ0v) is 17.4. The van der Waals surface area contributed by atoms with Crippen molar-refractivity contribution in [1.82, 2.24) is 9.88 Å². The number of hydrogen-bond acceptors (Lipinski definition) is 4. The summed E-state index contributed by atoms with van der Waals surface area (Å²) in [5.41, 5.74) is 2.30. The number of fused-ring (bicyclic) bond motifs is 2. The van der Waals surface area contributed by atoms with Crippen LogP contribution in [0.3, 0.4) is 0 Å². The first-order valence-corrected chi connectivity index (χ1v) is 10.9. The Balaban J connectivity index is 1.16. The van der Waals surface area contributed by atoms with Crippen molar-refractivity contribution in [1.29, 1.82) is 0 Å². The van der Waals surface area contributed by atoms with Gasteiger partial charge in [0.1, 0.15) is 17.6 Å². The minimum Gasteiger partial charge on any atom is -0.489 e. The molecule has 0 saturated carbocycles. The molecule has 2 saturated heterocycles. The maximum Gasteiger partial charge on any atom is 0.261 e. The van der Waals surface area contributed by atoms with Gasteiger partial charge in [-0.25, -0.2) is 0 Å². The van der Waals surface area contributed by atoms with E-state index in [1.54, 1.807) is 12.4 Å². The number of benzene rings is 2. The fraction of sp³-hybridized carbons (Fsp3) is 0.308. The van der Waals surface area contributed by atoms with Gasteiger partial charge in [0.05, 0.1) is 6.20 Å². The summed E-state index contributed by atoms with van der Waals surface area (Å²) in [6.07, 6.45) is 7.43. The first kappa shape index (κ1) is 19.6. The van der Waals surface area contributed by atoms with Gasteiger partial charge >= 0.3 is 0 Å². The lowest BCUT2D eigenvalue weighted by atomic mass is 9.99. The summed E-state index contributed by atoms with van der Waals surface area (Å²) in [4.78, 5) is 19.1. The molecular weight excluding hydrogens is 388 g/mol. The van der Waals surface area contributed by atoms with Crippen molar-refractivity contribution in [3.8, 4) is 22.6 Å². The Hall–Kier alpha value is -3.34. The van der Waals surface area contributed by atoms with Crippen molar-refractivity contribution in [3.63, 3.8) is 0 Å². The van der Waals surface area contributed by atoms with Crippen LogP contribution in [0.4, 0.5) is 0 Å². The average Bonchev–Trinajstić information content (AvgIpc) is 3.09. The van der Waals surface area contributed by atoms with Crippen LogP contribution in [0.1, 0.15) is 25.7 Å². The van der Waals surface area contributed by atoms with Crippen LogP contribution in [0.5, 0.6) is 11.5 Å². The zero-order valence-electron chi connectivity index (χ0n) is 17.4. The minimum absolute atomic E-state index is 0.0689. The second-order valence-corrected chi connectivity index (χ2v) is 8.27. The summed E-state index contributed by atoms with van der Waals surface area (Å²) in [5.74, 6) is 1.59. The van der Waals surface area contributed by atoms with Gasteiger partial charge in [-0.3, -0.25) is 9.78 Å². The summed E-state index contributed by atoms with van der Waals surface area (Å²) in [6, 6.07) is 22.4. The van der Waals surface area contributed by atoms with Gasteiger partial charge in [0.2, 0.25) is 0 Å². The Morgan fingerprint density at radius 1 is 0.871 bits per heavy atom. The van der Waals surface area contributed by atoms with Crippen molar-refractivity contribution in [2.75, 3.05) is 6.61 Å². The van der Waals surface area contributed by atoms with Gasteiger partial charge < -0.3 is 14.4 Å². The lowest BCUT2D eigenvalue weighted by molar-refractivity contribution is -0.139. The van der Waals surface area contributed by atoms with Gasteiger partial charge in [0, 0.05) is 31.1 Å². The number of nitrogens with zero attached hydrogens (tertiary/aromatic N) is 2. The summed E-state index contributed by atoms with van der Waals surface area (Å²) < 4.78 is 11.9. The molecule has 0 aliphatic carbocycles.